The maximum Gasteiger partial charge on any atom is 0.130 e. The molecule has 0 aliphatic carbocycles. The Kier molecular flexibility index (Phi) is 2.89. The Labute approximate surface area is 108 Å². The standard InChI is InChI=1S/C17H16O/c1-13-12-16-9-5-8-15(17(16)18-13)11-10-14-6-3-2-4-7-14/h2-11,13H,12H2,1H3/b11-10+. The second kappa shape index (κ2) is 4.69. The first-order valence-electron chi connectivity index (χ1n) is 6.34. The minimum atomic E-state index is 0.297. The van der Waals surface area contributed by atoms with Gasteiger partial charge >= 0.3 is 0 Å². The zero-order valence-corrected chi connectivity index (χ0v) is 10.5. The summed E-state index contributed by atoms with van der Waals surface area (Å²) in [5.41, 5.74) is 3.69. The average Bonchev–Trinajstić information content (AvgIpc) is 2.78. The highest BCUT2D eigenvalue weighted by Gasteiger charge is 2.20. The monoisotopic (exact) mass is 236 g/mol. The highest BCUT2D eigenvalue weighted by molar-refractivity contribution is 5.73. The van der Waals surface area contributed by atoms with Crippen LogP contribution in [0.1, 0.15) is 23.6 Å². The molecule has 18 heavy (non-hydrogen) atoms. The molecule has 0 N–H and O–H groups in total. The predicted molar refractivity (Wildman–Crippen MR) is 75.6 cm³/mol. The first-order valence-corrected chi connectivity index (χ1v) is 6.34. The van der Waals surface area contributed by atoms with Crippen LogP contribution in [-0.2, 0) is 6.42 Å². The Bertz CT molecular complexity index is 569. The molecule has 1 nitrogen and oxygen atoms in total. The summed E-state index contributed by atoms with van der Waals surface area (Å²) in [4.78, 5) is 0. The van der Waals surface area contributed by atoms with E-state index in [0.717, 1.165) is 12.2 Å². The third-order valence-corrected chi connectivity index (χ3v) is 3.21. The van der Waals surface area contributed by atoms with E-state index in [1.165, 1.54) is 16.7 Å². The van der Waals surface area contributed by atoms with Crippen LogP contribution >= 0.6 is 0 Å². The molecule has 2 aromatic rings. The number of ether oxygens (including phenoxy) is 1. The molecule has 0 fully saturated rings. The zero-order valence-electron chi connectivity index (χ0n) is 10.5. The predicted octanol–water partition coefficient (Wildman–Crippen LogP) is 4.18. The summed E-state index contributed by atoms with van der Waals surface area (Å²) >= 11 is 0. The number of benzene rings is 2. The molecular formula is C17H16O. The van der Waals surface area contributed by atoms with E-state index >= 15 is 0 Å². The van der Waals surface area contributed by atoms with Crippen molar-refractivity contribution in [2.75, 3.05) is 0 Å². The van der Waals surface area contributed by atoms with Gasteiger partial charge in [0.2, 0.25) is 0 Å². The lowest BCUT2D eigenvalue weighted by Gasteiger charge is -2.05. The number of rotatable bonds is 2. The van der Waals surface area contributed by atoms with Gasteiger partial charge in [-0.1, -0.05) is 60.7 Å². The van der Waals surface area contributed by atoms with E-state index in [9.17, 15) is 0 Å². The van der Waals surface area contributed by atoms with Crippen molar-refractivity contribution in [2.45, 2.75) is 19.4 Å². The van der Waals surface area contributed by atoms with Crippen LogP contribution in [0, 0.1) is 0 Å². The van der Waals surface area contributed by atoms with Gasteiger partial charge in [-0.2, -0.15) is 0 Å². The van der Waals surface area contributed by atoms with Gasteiger partial charge in [0.1, 0.15) is 11.9 Å². The van der Waals surface area contributed by atoms with Crippen molar-refractivity contribution in [3.05, 3.63) is 65.2 Å². The molecule has 0 spiro atoms. The van der Waals surface area contributed by atoms with Crippen molar-refractivity contribution in [3.63, 3.8) is 0 Å². The SMILES string of the molecule is CC1Cc2cccc(/C=C/c3ccccc3)c2O1. The zero-order chi connectivity index (χ0) is 12.4. The van der Waals surface area contributed by atoms with E-state index in [4.69, 9.17) is 4.74 Å². The molecule has 1 atom stereocenters. The summed E-state index contributed by atoms with van der Waals surface area (Å²) in [5, 5.41) is 0. The van der Waals surface area contributed by atoms with Crippen LogP contribution < -0.4 is 4.74 Å². The summed E-state index contributed by atoms with van der Waals surface area (Å²) < 4.78 is 5.88. The van der Waals surface area contributed by atoms with Crippen LogP contribution in [0.3, 0.4) is 0 Å². The highest BCUT2D eigenvalue weighted by atomic mass is 16.5. The van der Waals surface area contributed by atoms with Crippen LogP contribution in [0.5, 0.6) is 5.75 Å². The van der Waals surface area contributed by atoms with Gasteiger partial charge in [-0.3, -0.25) is 0 Å². The largest absolute Gasteiger partial charge is 0.489 e. The fourth-order valence-corrected chi connectivity index (χ4v) is 2.34. The van der Waals surface area contributed by atoms with Gasteiger partial charge in [0, 0.05) is 12.0 Å². The van der Waals surface area contributed by atoms with Crippen LogP contribution in [-0.4, -0.2) is 6.10 Å². The average molecular weight is 236 g/mol. The lowest BCUT2D eigenvalue weighted by atomic mass is 10.1. The van der Waals surface area contributed by atoms with E-state index < -0.39 is 0 Å². The molecule has 1 unspecified atom stereocenters. The summed E-state index contributed by atoms with van der Waals surface area (Å²) in [7, 11) is 0. The van der Waals surface area contributed by atoms with Gasteiger partial charge in [-0.15, -0.1) is 0 Å². The molecule has 0 aromatic heterocycles. The van der Waals surface area contributed by atoms with E-state index in [0.29, 0.717) is 6.10 Å². The van der Waals surface area contributed by atoms with Gasteiger partial charge in [-0.25, -0.2) is 0 Å². The third kappa shape index (κ3) is 2.17. The van der Waals surface area contributed by atoms with Crippen molar-refractivity contribution in [1.82, 2.24) is 0 Å². The van der Waals surface area contributed by atoms with Crippen molar-refractivity contribution in [1.29, 1.82) is 0 Å². The van der Waals surface area contributed by atoms with E-state index in [1.54, 1.807) is 0 Å². The molecule has 1 heterocycles. The molecule has 2 aromatic carbocycles. The Morgan fingerprint density at radius 1 is 1.00 bits per heavy atom. The van der Waals surface area contributed by atoms with E-state index in [2.05, 4.69) is 49.4 Å². The van der Waals surface area contributed by atoms with E-state index in [-0.39, 0.29) is 0 Å². The molecule has 0 bridgehead atoms. The molecule has 0 saturated carbocycles. The molecule has 1 aliphatic rings. The quantitative estimate of drug-likeness (QED) is 0.711. The summed E-state index contributed by atoms with van der Waals surface area (Å²) in [5.74, 6) is 1.05. The van der Waals surface area contributed by atoms with Crippen LogP contribution in [0.15, 0.2) is 48.5 Å². The fraction of sp³-hybridized carbons (Fsp3) is 0.176. The topological polar surface area (TPSA) is 9.23 Å². The molecular weight excluding hydrogens is 220 g/mol. The highest BCUT2D eigenvalue weighted by Crippen LogP contribution is 2.33. The number of para-hydroxylation sites is 1. The minimum Gasteiger partial charge on any atom is -0.489 e. The fourth-order valence-electron chi connectivity index (χ4n) is 2.34. The number of hydrogen-bond donors (Lipinski definition) is 0. The summed E-state index contributed by atoms with van der Waals surface area (Å²) in [6.07, 6.45) is 5.57. The Balaban J connectivity index is 1.91. The molecule has 0 radical (unpaired) electrons. The Morgan fingerprint density at radius 2 is 1.83 bits per heavy atom. The molecule has 0 amide bonds. The molecule has 0 saturated heterocycles. The maximum atomic E-state index is 5.88. The second-order valence-electron chi connectivity index (χ2n) is 4.71. The number of hydrogen-bond acceptors (Lipinski definition) is 1. The van der Waals surface area contributed by atoms with E-state index in [1.807, 2.05) is 18.2 Å². The lowest BCUT2D eigenvalue weighted by molar-refractivity contribution is 0.254. The van der Waals surface area contributed by atoms with Gasteiger partial charge in [-0.05, 0) is 18.1 Å². The van der Waals surface area contributed by atoms with Crippen molar-refractivity contribution >= 4 is 12.2 Å². The van der Waals surface area contributed by atoms with Crippen LogP contribution in [0.25, 0.3) is 12.2 Å². The first kappa shape index (κ1) is 11.1. The minimum absolute atomic E-state index is 0.297. The normalized spacial score (nSPS) is 17.7. The third-order valence-electron chi connectivity index (χ3n) is 3.21. The smallest absolute Gasteiger partial charge is 0.130 e. The number of fused-ring (bicyclic) bond motifs is 1. The molecule has 1 heteroatoms. The van der Waals surface area contributed by atoms with Crippen molar-refractivity contribution in [3.8, 4) is 5.75 Å². The van der Waals surface area contributed by atoms with Crippen molar-refractivity contribution < 1.29 is 4.74 Å². The Hall–Kier alpha value is -2.02. The summed E-state index contributed by atoms with van der Waals surface area (Å²) in [6, 6.07) is 16.7. The van der Waals surface area contributed by atoms with Gasteiger partial charge in [0.05, 0.1) is 0 Å². The van der Waals surface area contributed by atoms with Crippen LogP contribution in [0.2, 0.25) is 0 Å². The van der Waals surface area contributed by atoms with Gasteiger partial charge in [0.15, 0.2) is 0 Å². The Morgan fingerprint density at radius 3 is 2.67 bits per heavy atom. The van der Waals surface area contributed by atoms with Gasteiger partial charge < -0.3 is 4.74 Å². The van der Waals surface area contributed by atoms with Gasteiger partial charge in [0.25, 0.3) is 0 Å². The summed E-state index contributed by atoms with van der Waals surface area (Å²) in [6.45, 7) is 2.12. The van der Waals surface area contributed by atoms with Crippen molar-refractivity contribution in [2.24, 2.45) is 0 Å². The molecule has 1 aliphatic heterocycles. The maximum absolute atomic E-state index is 5.88. The molecule has 3 rings (SSSR count). The van der Waals surface area contributed by atoms with Crippen LogP contribution in [0.4, 0.5) is 0 Å². The molecule has 90 valence electrons. The lowest BCUT2D eigenvalue weighted by Crippen LogP contribution is -2.05. The second-order valence-corrected chi connectivity index (χ2v) is 4.71. The first-order chi connectivity index (χ1) is 8.83.